The molecule has 1 aliphatic rings. The van der Waals surface area contributed by atoms with E-state index in [4.69, 9.17) is 9.47 Å². The lowest BCUT2D eigenvalue weighted by molar-refractivity contribution is 0.0679. The van der Waals surface area contributed by atoms with E-state index in [0.29, 0.717) is 6.61 Å². The summed E-state index contributed by atoms with van der Waals surface area (Å²) in [5.41, 5.74) is 1.30. The van der Waals surface area contributed by atoms with Crippen molar-refractivity contribution >= 4 is 0 Å². The molecule has 1 unspecified atom stereocenters. The van der Waals surface area contributed by atoms with Gasteiger partial charge in [-0.05, 0) is 43.6 Å². The van der Waals surface area contributed by atoms with E-state index >= 15 is 0 Å². The minimum atomic E-state index is 0.279. The zero-order valence-corrected chi connectivity index (χ0v) is 14.0. The lowest BCUT2D eigenvalue weighted by Gasteiger charge is -2.18. The van der Waals surface area contributed by atoms with Crippen LogP contribution in [0.25, 0.3) is 0 Å². The van der Waals surface area contributed by atoms with Gasteiger partial charge in [0.05, 0.1) is 6.10 Å². The Bertz CT molecular complexity index is 398. The predicted octanol–water partition coefficient (Wildman–Crippen LogP) is 2.68. The maximum absolute atomic E-state index is 5.78. The van der Waals surface area contributed by atoms with Crippen molar-refractivity contribution in [3.63, 3.8) is 0 Å². The lowest BCUT2D eigenvalue weighted by Crippen LogP contribution is -2.31. The number of nitrogens with one attached hydrogen (secondary N) is 1. The second kappa shape index (κ2) is 9.82. The van der Waals surface area contributed by atoms with Crippen molar-refractivity contribution in [3.8, 4) is 5.75 Å². The van der Waals surface area contributed by atoms with Gasteiger partial charge in [0.1, 0.15) is 12.4 Å². The van der Waals surface area contributed by atoms with Gasteiger partial charge >= 0.3 is 0 Å². The molecular formula is C18H30N2O2. The minimum absolute atomic E-state index is 0.279. The molecule has 0 bridgehead atoms. The van der Waals surface area contributed by atoms with E-state index in [9.17, 15) is 0 Å². The number of nitrogens with zero attached hydrogens (tertiary/aromatic N) is 1. The van der Waals surface area contributed by atoms with Crippen LogP contribution in [0.4, 0.5) is 0 Å². The molecule has 1 atom stereocenters. The van der Waals surface area contributed by atoms with Crippen LogP contribution >= 0.6 is 0 Å². The normalized spacial score (nSPS) is 18.0. The van der Waals surface area contributed by atoms with Crippen molar-refractivity contribution in [1.82, 2.24) is 10.2 Å². The lowest BCUT2D eigenvalue weighted by atomic mass is 10.2. The zero-order chi connectivity index (χ0) is 15.6. The quantitative estimate of drug-likeness (QED) is 0.674. The molecular weight excluding hydrogens is 276 g/mol. The Balaban J connectivity index is 1.63. The van der Waals surface area contributed by atoms with Gasteiger partial charge in [0.2, 0.25) is 0 Å². The second-order valence-electron chi connectivity index (χ2n) is 5.79. The van der Waals surface area contributed by atoms with Crippen molar-refractivity contribution in [2.45, 2.75) is 39.3 Å². The first-order valence-corrected chi connectivity index (χ1v) is 8.58. The van der Waals surface area contributed by atoms with Gasteiger partial charge in [0.15, 0.2) is 0 Å². The molecule has 1 N–H and O–H groups in total. The van der Waals surface area contributed by atoms with Crippen LogP contribution in [-0.4, -0.2) is 50.4 Å². The fraction of sp³-hybridized carbons (Fsp3) is 0.667. The van der Waals surface area contributed by atoms with E-state index in [1.165, 1.54) is 5.56 Å². The maximum Gasteiger partial charge on any atom is 0.119 e. The Labute approximate surface area is 134 Å². The standard InChI is InChI=1S/C18H30N2O2/c1-3-20(4-2)12-11-19-14-16-7-9-17(10-8-16)22-15-18-6-5-13-21-18/h7-10,18-19H,3-6,11-15H2,1-2H3. The van der Waals surface area contributed by atoms with Crippen LogP contribution in [0.5, 0.6) is 5.75 Å². The summed E-state index contributed by atoms with van der Waals surface area (Å²) in [7, 11) is 0. The minimum Gasteiger partial charge on any atom is -0.491 e. The predicted molar refractivity (Wildman–Crippen MR) is 90.4 cm³/mol. The van der Waals surface area contributed by atoms with Gasteiger partial charge in [-0.3, -0.25) is 0 Å². The van der Waals surface area contributed by atoms with E-state index in [0.717, 1.165) is 57.9 Å². The number of rotatable bonds is 10. The molecule has 0 aliphatic carbocycles. The molecule has 1 saturated heterocycles. The zero-order valence-electron chi connectivity index (χ0n) is 14.0. The summed E-state index contributed by atoms with van der Waals surface area (Å²) in [6.45, 7) is 11.2. The fourth-order valence-corrected chi connectivity index (χ4v) is 2.68. The molecule has 124 valence electrons. The van der Waals surface area contributed by atoms with E-state index in [-0.39, 0.29) is 6.10 Å². The summed E-state index contributed by atoms with van der Waals surface area (Å²) >= 11 is 0. The first kappa shape index (κ1) is 17.3. The van der Waals surface area contributed by atoms with Gasteiger partial charge < -0.3 is 19.7 Å². The van der Waals surface area contributed by atoms with Crippen LogP contribution in [0.3, 0.4) is 0 Å². The molecule has 0 spiro atoms. The summed E-state index contributed by atoms with van der Waals surface area (Å²) in [6.07, 6.45) is 2.56. The second-order valence-corrected chi connectivity index (χ2v) is 5.79. The maximum atomic E-state index is 5.78. The Morgan fingerprint density at radius 1 is 1.23 bits per heavy atom. The van der Waals surface area contributed by atoms with Crippen LogP contribution in [0.2, 0.25) is 0 Å². The van der Waals surface area contributed by atoms with Crippen LogP contribution in [0.15, 0.2) is 24.3 Å². The Morgan fingerprint density at radius 2 is 2.00 bits per heavy atom. The first-order chi connectivity index (χ1) is 10.8. The largest absolute Gasteiger partial charge is 0.491 e. The molecule has 0 aromatic heterocycles. The van der Waals surface area contributed by atoms with Gasteiger partial charge in [-0.2, -0.15) is 0 Å². The number of hydrogen-bond acceptors (Lipinski definition) is 4. The van der Waals surface area contributed by atoms with E-state index in [2.05, 4.69) is 48.3 Å². The number of likely N-dealkylation sites (N-methyl/N-ethyl adjacent to an activating group) is 1. The Kier molecular flexibility index (Phi) is 7.71. The Morgan fingerprint density at radius 3 is 2.64 bits per heavy atom. The topological polar surface area (TPSA) is 33.7 Å². The van der Waals surface area contributed by atoms with Crippen LogP contribution < -0.4 is 10.1 Å². The number of ether oxygens (including phenoxy) is 2. The highest BCUT2D eigenvalue weighted by Crippen LogP contribution is 2.16. The van der Waals surface area contributed by atoms with Crippen LogP contribution in [-0.2, 0) is 11.3 Å². The molecule has 4 heteroatoms. The fourth-order valence-electron chi connectivity index (χ4n) is 2.68. The summed E-state index contributed by atoms with van der Waals surface area (Å²) in [5, 5.41) is 3.49. The van der Waals surface area contributed by atoms with Crippen LogP contribution in [0.1, 0.15) is 32.3 Å². The third-order valence-electron chi connectivity index (χ3n) is 4.21. The molecule has 4 nitrogen and oxygen atoms in total. The van der Waals surface area contributed by atoms with E-state index < -0.39 is 0 Å². The molecule has 1 aromatic rings. The van der Waals surface area contributed by atoms with Gasteiger partial charge in [-0.15, -0.1) is 0 Å². The Hall–Kier alpha value is -1.10. The van der Waals surface area contributed by atoms with Gasteiger partial charge in [0.25, 0.3) is 0 Å². The van der Waals surface area contributed by atoms with Crippen molar-refractivity contribution in [3.05, 3.63) is 29.8 Å². The molecule has 22 heavy (non-hydrogen) atoms. The highest BCUT2D eigenvalue weighted by atomic mass is 16.5. The molecule has 1 fully saturated rings. The number of benzene rings is 1. The van der Waals surface area contributed by atoms with Gasteiger partial charge in [0, 0.05) is 26.2 Å². The highest BCUT2D eigenvalue weighted by molar-refractivity contribution is 5.27. The average Bonchev–Trinajstić information content (AvgIpc) is 3.08. The van der Waals surface area contributed by atoms with Crippen molar-refractivity contribution in [2.24, 2.45) is 0 Å². The molecule has 2 rings (SSSR count). The highest BCUT2D eigenvalue weighted by Gasteiger charge is 2.15. The summed E-state index contributed by atoms with van der Waals surface area (Å²) in [6, 6.07) is 8.37. The number of hydrogen-bond donors (Lipinski definition) is 1. The molecule has 1 aliphatic heterocycles. The SMILES string of the molecule is CCN(CC)CCNCc1ccc(OCC2CCCO2)cc1. The summed E-state index contributed by atoms with van der Waals surface area (Å²) < 4.78 is 11.3. The van der Waals surface area contributed by atoms with Gasteiger partial charge in [-0.1, -0.05) is 26.0 Å². The molecule has 1 aromatic carbocycles. The van der Waals surface area contributed by atoms with Gasteiger partial charge in [-0.25, -0.2) is 0 Å². The smallest absolute Gasteiger partial charge is 0.119 e. The molecule has 1 heterocycles. The summed E-state index contributed by atoms with van der Waals surface area (Å²) in [4.78, 5) is 2.43. The van der Waals surface area contributed by atoms with E-state index in [1.807, 2.05) is 0 Å². The molecule has 0 radical (unpaired) electrons. The first-order valence-electron chi connectivity index (χ1n) is 8.58. The molecule has 0 saturated carbocycles. The van der Waals surface area contributed by atoms with Crippen molar-refractivity contribution in [2.75, 3.05) is 39.4 Å². The third-order valence-corrected chi connectivity index (χ3v) is 4.21. The monoisotopic (exact) mass is 306 g/mol. The van der Waals surface area contributed by atoms with Crippen molar-refractivity contribution in [1.29, 1.82) is 0 Å². The summed E-state index contributed by atoms with van der Waals surface area (Å²) in [5.74, 6) is 0.933. The molecule has 0 amide bonds. The average molecular weight is 306 g/mol. The third kappa shape index (κ3) is 5.95. The van der Waals surface area contributed by atoms with Crippen molar-refractivity contribution < 1.29 is 9.47 Å². The van der Waals surface area contributed by atoms with Crippen LogP contribution in [0, 0.1) is 0 Å². The van der Waals surface area contributed by atoms with E-state index in [1.54, 1.807) is 0 Å².